The zero-order valence-electron chi connectivity index (χ0n) is 11.1. The minimum atomic E-state index is 0.395. The lowest BCUT2D eigenvalue weighted by Gasteiger charge is -2.22. The second-order valence-electron chi connectivity index (χ2n) is 4.55. The Hall–Kier alpha value is -1.27. The van der Waals surface area contributed by atoms with E-state index in [2.05, 4.69) is 25.8 Å². The molecule has 0 unspecified atom stereocenters. The van der Waals surface area contributed by atoms with Crippen LogP contribution in [0.15, 0.2) is 0 Å². The Morgan fingerprint density at radius 2 is 2.00 bits per heavy atom. The summed E-state index contributed by atoms with van der Waals surface area (Å²) >= 11 is 0. The van der Waals surface area contributed by atoms with Gasteiger partial charge in [0.2, 0.25) is 5.95 Å². The Balaban J connectivity index is 1.66. The van der Waals surface area contributed by atoms with Gasteiger partial charge in [-0.1, -0.05) is 0 Å². The molecule has 0 aromatic carbocycles. The maximum absolute atomic E-state index is 5.78. The van der Waals surface area contributed by atoms with E-state index in [4.69, 9.17) is 4.74 Å². The summed E-state index contributed by atoms with van der Waals surface area (Å²) in [5.41, 5.74) is 1.78. The highest BCUT2D eigenvalue weighted by Crippen LogP contribution is 2.07. The first-order valence-electron chi connectivity index (χ1n) is 6.50. The van der Waals surface area contributed by atoms with Crippen molar-refractivity contribution in [3.8, 4) is 0 Å². The summed E-state index contributed by atoms with van der Waals surface area (Å²) in [6.45, 7) is 7.35. The number of aromatic nitrogens is 3. The molecule has 0 saturated carbocycles. The Bertz CT molecular complexity index is 379. The molecule has 0 aliphatic carbocycles. The maximum Gasteiger partial charge on any atom is 0.243 e. The van der Waals surface area contributed by atoms with Crippen LogP contribution in [0.5, 0.6) is 0 Å². The number of piperidine rings is 1. The molecular formula is C12H21N5O. The number of aryl methyl sites for hydroxylation is 2. The lowest BCUT2D eigenvalue weighted by molar-refractivity contribution is 0.0393. The number of ether oxygens (including phenoxy) is 1. The van der Waals surface area contributed by atoms with Gasteiger partial charge in [0.25, 0.3) is 0 Å². The van der Waals surface area contributed by atoms with E-state index in [1.807, 2.05) is 13.8 Å². The van der Waals surface area contributed by atoms with E-state index in [0.717, 1.165) is 37.3 Å². The number of nitrogens with zero attached hydrogens (tertiary/aromatic N) is 3. The van der Waals surface area contributed by atoms with Gasteiger partial charge in [-0.15, -0.1) is 5.10 Å². The summed E-state index contributed by atoms with van der Waals surface area (Å²) in [6.07, 6.45) is 2.59. The predicted molar refractivity (Wildman–Crippen MR) is 69.6 cm³/mol. The third-order valence-corrected chi connectivity index (χ3v) is 3.12. The van der Waals surface area contributed by atoms with Crippen LogP contribution in [0.25, 0.3) is 0 Å². The normalized spacial score (nSPS) is 16.8. The third-order valence-electron chi connectivity index (χ3n) is 3.12. The molecule has 100 valence electrons. The molecule has 0 radical (unpaired) electrons. The van der Waals surface area contributed by atoms with Crippen LogP contribution in [0.1, 0.15) is 24.2 Å². The van der Waals surface area contributed by atoms with E-state index in [0.29, 0.717) is 25.2 Å². The topological polar surface area (TPSA) is 72.0 Å². The average molecular weight is 251 g/mol. The van der Waals surface area contributed by atoms with E-state index in [1.54, 1.807) is 0 Å². The Labute approximate surface area is 108 Å². The molecule has 1 aromatic heterocycles. The maximum atomic E-state index is 5.78. The highest BCUT2D eigenvalue weighted by molar-refractivity contribution is 5.24. The molecule has 1 fully saturated rings. The van der Waals surface area contributed by atoms with Crippen molar-refractivity contribution < 1.29 is 4.74 Å². The van der Waals surface area contributed by atoms with E-state index >= 15 is 0 Å². The van der Waals surface area contributed by atoms with Crippen LogP contribution < -0.4 is 10.6 Å². The summed E-state index contributed by atoms with van der Waals surface area (Å²) in [4.78, 5) is 4.31. The molecule has 18 heavy (non-hydrogen) atoms. The van der Waals surface area contributed by atoms with Crippen molar-refractivity contribution in [2.24, 2.45) is 0 Å². The molecule has 1 aromatic rings. The van der Waals surface area contributed by atoms with E-state index in [9.17, 15) is 0 Å². The summed E-state index contributed by atoms with van der Waals surface area (Å²) < 4.78 is 5.78. The van der Waals surface area contributed by atoms with Crippen molar-refractivity contribution in [3.63, 3.8) is 0 Å². The molecule has 2 rings (SSSR count). The quantitative estimate of drug-likeness (QED) is 0.749. The fourth-order valence-corrected chi connectivity index (χ4v) is 1.88. The molecule has 0 amide bonds. The molecule has 1 aliphatic rings. The van der Waals surface area contributed by atoms with Crippen molar-refractivity contribution in [2.75, 3.05) is 31.6 Å². The SMILES string of the molecule is Cc1nnc(NCCOC2CCNCC2)nc1C. The summed E-state index contributed by atoms with van der Waals surface area (Å²) in [5, 5.41) is 14.5. The molecule has 0 spiro atoms. The van der Waals surface area contributed by atoms with Crippen LogP contribution in [0.3, 0.4) is 0 Å². The molecule has 0 bridgehead atoms. The lowest BCUT2D eigenvalue weighted by atomic mass is 10.1. The van der Waals surface area contributed by atoms with Crippen LogP contribution in [-0.2, 0) is 4.74 Å². The minimum Gasteiger partial charge on any atom is -0.376 e. The van der Waals surface area contributed by atoms with Gasteiger partial charge in [-0.3, -0.25) is 0 Å². The van der Waals surface area contributed by atoms with Crippen LogP contribution in [0.4, 0.5) is 5.95 Å². The van der Waals surface area contributed by atoms with Crippen molar-refractivity contribution in [1.82, 2.24) is 20.5 Å². The standard InChI is InChI=1S/C12H21N5O/c1-9-10(2)16-17-12(15-9)14-7-8-18-11-3-5-13-6-4-11/h11,13H,3-8H2,1-2H3,(H,14,15,17). The smallest absolute Gasteiger partial charge is 0.243 e. The first kappa shape index (κ1) is 13.2. The molecule has 2 heterocycles. The van der Waals surface area contributed by atoms with Crippen molar-refractivity contribution in [2.45, 2.75) is 32.8 Å². The zero-order valence-corrected chi connectivity index (χ0v) is 11.1. The Morgan fingerprint density at radius 3 is 2.72 bits per heavy atom. The van der Waals surface area contributed by atoms with Gasteiger partial charge >= 0.3 is 0 Å². The van der Waals surface area contributed by atoms with Crippen LogP contribution in [-0.4, -0.2) is 47.5 Å². The summed E-state index contributed by atoms with van der Waals surface area (Å²) in [6, 6.07) is 0. The van der Waals surface area contributed by atoms with E-state index in [-0.39, 0.29) is 0 Å². The van der Waals surface area contributed by atoms with Crippen molar-refractivity contribution in [1.29, 1.82) is 0 Å². The summed E-state index contributed by atoms with van der Waals surface area (Å²) in [7, 11) is 0. The first-order chi connectivity index (χ1) is 8.75. The number of anilines is 1. The van der Waals surface area contributed by atoms with Gasteiger partial charge in [0.1, 0.15) is 0 Å². The van der Waals surface area contributed by atoms with Crippen LogP contribution >= 0.6 is 0 Å². The van der Waals surface area contributed by atoms with Gasteiger partial charge in [0.05, 0.1) is 24.1 Å². The van der Waals surface area contributed by atoms with Gasteiger partial charge < -0.3 is 15.4 Å². The summed E-state index contributed by atoms with van der Waals surface area (Å²) in [5.74, 6) is 0.576. The highest BCUT2D eigenvalue weighted by Gasteiger charge is 2.12. The number of hydrogen-bond donors (Lipinski definition) is 2. The molecule has 6 nitrogen and oxygen atoms in total. The van der Waals surface area contributed by atoms with Gasteiger partial charge in [-0.05, 0) is 39.8 Å². The molecule has 1 aliphatic heterocycles. The average Bonchev–Trinajstić information content (AvgIpc) is 2.40. The molecular weight excluding hydrogens is 230 g/mol. The van der Waals surface area contributed by atoms with Gasteiger partial charge in [-0.25, -0.2) is 4.98 Å². The van der Waals surface area contributed by atoms with Crippen LogP contribution in [0.2, 0.25) is 0 Å². The number of rotatable bonds is 5. The number of nitrogens with one attached hydrogen (secondary N) is 2. The van der Waals surface area contributed by atoms with Crippen LogP contribution in [0, 0.1) is 13.8 Å². The monoisotopic (exact) mass is 251 g/mol. The lowest BCUT2D eigenvalue weighted by Crippen LogP contribution is -2.33. The second kappa shape index (κ2) is 6.61. The first-order valence-corrected chi connectivity index (χ1v) is 6.50. The minimum absolute atomic E-state index is 0.395. The Morgan fingerprint density at radius 1 is 1.22 bits per heavy atom. The fraction of sp³-hybridized carbons (Fsp3) is 0.750. The highest BCUT2D eigenvalue weighted by atomic mass is 16.5. The molecule has 0 atom stereocenters. The number of hydrogen-bond acceptors (Lipinski definition) is 6. The molecule has 1 saturated heterocycles. The van der Waals surface area contributed by atoms with Gasteiger partial charge in [0, 0.05) is 6.54 Å². The Kier molecular flexibility index (Phi) is 4.83. The predicted octanol–water partition coefficient (Wildman–Crippen LogP) is 0.669. The van der Waals surface area contributed by atoms with E-state index < -0.39 is 0 Å². The second-order valence-corrected chi connectivity index (χ2v) is 4.55. The zero-order chi connectivity index (χ0) is 12.8. The van der Waals surface area contributed by atoms with Crippen molar-refractivity contribution >= 4 is 5.95 Å². The fourth-order valence-electron chi connectivity index (χ4n) is 1.88. The van der Waals surface area contributed by atoms with Gasteiger partial charge in [0.15, 0.2) is 0 Å². The third kappa shape index (κ3) is 3.89. The largest absolute Gasteiger partial charge is 0.376 e. The van der Waals surface area contributed by atoms with E-state index in [1.165, 1.54) is 0 Å². The molecule has 2 N–H and O–H groups in total. The van der Waals surface area contributed by atoms with Gasteiger partial charge in [-0.2, -0.15) is 5.10 Å². The van der Waals surface area contributed by atoms with Crippen molar-refractivity contribution in [3.05, 3.63) is 11.4 Å². The molecule has 6 heteroatoms.